The summed E-state index contributed by atoms with van der Waals surface area (Å²) in [6.07, 6.45) is 3.81. The minimum absolute atomic E-state index is 0.465. The molecule has 1 saturated heterocycles. The van der Waals surface area contributed by atoms with Crippen molar-refractivity contribution >= 4 is 11.6 Å². The lowest BCUT2D eigenvalue weighted by Crippen LogP contribution is -2.27. The molecule has 1 atom stereocenters. The Hall–Kier alpha value is -0.530. The summed E-state index contributed by atoms with van der Waals surface area (Å²) in [6.45, 7) is 5.37. The second-order valence-corrected chi connectivity index (χ2v) is 4.89. The fourth-order valence-corrected chi connectivity index (χ4v) is 2.92. The predicted octanol–water partition coefficient (Wildman–Crippen LogP) is 3.77. The molecule has 0 spiro atoms. The molecule has 1 aromatic rings. The van der Waals surface area contributed by atoms with Gasteiger partial charge in [0.05, 0.1) is 0 Å². The van der Waals surface area contributed by atoms with Gasteiger partial charge in [-0.25, -0.2) is 0 Å². The van der Waals surface area contributed by atoms with Gasteiger partial charge < -0.3 is 5.32 Å². The summed E-state index contributed by atoms with van der Waals surface area (Å²) in [7, 11) is 0. The van der Waals surface area contributed by atoms with Gasteiger partial charge in [0.25, 0.3) is 0 Å². The van der Waals surface area contributed by atoms with Crippen LogP contribution in [0.25, 0.3) is 0 Å². The Bertz CT molecular complexity index is 331. The monoisotopic (exact) mass is 223 g/mol. The number of aryl methyl sites for hydroxylation is 2. The molecule has 15 heavy (non-hydrogen) atoms. The molecule has 0 amide bonds. The normalized spacial score (nSPS) is 21.7. The molecule has 0 aromatic heterocycles. The van der Waals surface area contributed by atoms with Crippen LogP contribution in [0.4, 0.5) is 0 Å². The van der Waals surface area contributed by atoms with E-state index in [1.807, 2.05) is 0 Å². The Balaban J connectivity index is 2.33. The smallest absolute Gasteiger partial charge is 0.0459 e. The number of rotatable bonds is 1. The minimum atomic E-state index is 0.465. The van der Waals surface area contributed by atoms with Crippen LogP contribution in [0.3, 0.4) is 0 Å². The quantitative estimate of drug-likeness (QED) is 0.764. The molecule has 1 N–H and O–H groups in total. The lowest BCUT2D eigenvalue weighted by Gasteiger charge is -2.26. The van der Waals surface area contributed by atoms with Crippen LogP contribution in [-0.4, -0.2) is 6.54 Å². The Morgan fingerprint density at radius 2 is 2.07 bits per heavy atom. The number of nitrogens with one attached hydrogen (secondary N) is 1. The highest BCUT2D eigenvalue weighted by molar-refractivity contribution is 6.31. The number of halogens is 1. The van der Waals surface area contributed by atoms with Crippen LogP contribution in [0.2, 0.25) is 5.02 Å². The lowest BCUT2D eigenvalue weighted by molar-refractivity contribution is 0.411. The summed E-state index contributed by atoms with van der Waals surface area (Å²) in [5.74, 6) is 0. The largest absolute Gasteiger partial charge is 0.310 e. The van der Waals surface area contributed by atoms with Crippen LogP contribution in [0.5, 0.6) is 0 Å². The second-order valence-electron chi connectivity index (χ2n) is 4.48. The Kier molecular flexibility index (Phi) is 3.32. The molecule has 1 aliphatic rings. The maximum absolute atomic E-state index is 6.33. The first-order valence-electron chi connectivity index (χ1n) is 5.68. The lowest BCUT2D eigenvalue weighted by atomic mass is 9.93. The van der Waals surface area contributed by atoms with Crippen molar-refractivity contribution in [2.45, 2.75) is 39.2 Å². The summed E-state index contributed by atoms with van der Waals surface area (Å²) < 4.78 is 0. The van der Waals surface area contributed by atoms with Crippen molar-refractivity contribution in [3.05, 3.63) is 33.8 Å². The van der Waals surface area contributed by atoms with Crippen LogP contribution < -0.4 is 5.32 Å². The first kappa shape index (κ1) is 11.0. The van der Waals surface area contributed by atoms with Crippen LogP contribution >= 0.6 is 11.6 Å². The van der Waals surface area contributed by atoms with Gasteiger partial charge in [-0.1, -0.05) is 24.1 Å². The van der Waals surface area contributed by atoms with E-state index in [9.17, 15) is 0 Å². The van der Waals surface area contributed by atoms with Gasteiger partial charge in [0, 0.05) is 11.1 Å². The van der Waals surface area contributed by atoms with E-state index < -0.39 is 0 Å². The third kappa shape index (κ3) is 2.35. The molecule has 1 aliphatic heterocycles. The molecule has 1 fully saturated rings. The summed E-state index contributed by atoms with van der Waals surface area (Å²) in [5.41, 5.74) is 3.87. The maximum atomic E-state index is 6.33. The zero-order valence-electron chi connectivity index (χ0n) is 9.44. The topological polar surface area (TPSA) is 12.0 Å². The molecule has 1 aromatic carbocycles. The third-order valence-electron chi connectivity index (χ3n) is 3.14. The highest BCUT2D eigenvalue weighted by Crippen LogP contribution is 2.32. The van der Waals surface area contributed by atoms with Gasteiger partial charge in [0.2, 0.25) is 0 Å². The molecule has 1 nitrogen and oxygen atoms in total. The first-order chi connectivity index (χ1) is 7.18. The Morgan fingerprint density at radius 1 is 1.27 bits per heavy atom. The molecule has 0 saturated carbocycles. The van der Waals surface area contributed by atoms with E-state index >= 15 is 0 Å². The molecule has 1 heterocycles. The van der Waals surface area contributed by atoms with E-state index in [1.165, 1.54) is 36.0 Å². The van der Waals surface area contributed by atoms with E-state index in [0.29, 0.717) is 6.04 Å². The molecule has 2 heteroatoms. The molecule has 2 rings (SSSR count). The van der Waals surface area contributed by atoms with Crippen LogP contribution in [0.15, 0.2) is 12.1 Å². The van der Waals surface area contributed by atoms with E-state index in [-0.39, 0.29) is 0 Å². The van der Waals surface area contributed by atoms with Crippen LogP contribution in [-0.2, 0) is 0 Å². The average molecular weight is 224 g/mol. The highest BCUT2D eigenvalue weighted by Gasteiger charge is 2.19. The summed E-state index contributed by atoms with van der Waals surface area (Å²) in [4.78, 5) is 0. The van der Waals surface area contributed by atoms with Gasteiger partial charge in [0.1, 0.15) is 0 Å². The van der Waals surface area contributed by atoms with E-state index in [4.69, 9.17) is 11.6 Å². The van der Waals surface area contributed by atoms with Gasteiger partial charge in [-0.15, -0.1) is 0 Å². The first-order valence-corrected chi connectivity index (χ1v) is 6.06. The zero-order valence-corrected chi connectivity index (χ0v) is 10.2. The van der Waals surface area contributed by atoms with Crippen molar-refractivity contribution in [3.8, 4) is 0 Å². The fraction of sp³-hybridized carbons (Fsp3) is 0.538. The van der Waals surface area contributed by atoms with Gasteiger partial charge in [-0.2, -0.15) is 0 Å². The Morgan fingerprint density at radius 3 is 2.67 bits per heavy atom. The predicted molar refractivity (Wildman–Crippen MR) is 65.5 cm³/mol. The van der Waals surface area contributed by atoms with Crippen molar-refractivity contribution < 1.29 is 0 Å². The Labute approximate surface area is 96.8 Å². The number of hydrogen-bond acceptors (Lipinski definition) is 1. The van der Waals surface area contributed by atoms with Crippen LogP contribution in [0, 0.1) is 13.8 Å². The SMILES string of the molecule is Cc1cc(C)c(C2CCCCN2)c(Cl)c1. The minimum Gasteiger partial charge on any atom is -0.310 e. The van der Waals surface area contributed by atoms with Crippen molar-refractivity contribution in [1.82, 2.24) is 5.32 Å². The fourth-order valence-electron chi connectivity index (χ4n) is 2.47. The van der Waals surface area contributed by atoms with Crippen molar-refractivity contribution in [2.24, 2.45) is 0 Å². The standard InChI is InChI=1S/C13H18ClN/c1-9-7-10(2)13(11(14)8-9)12-5-3-4-6-15-12/h7-8,12,15H,3-6H2,1-2H3. The number of hydrogen-bond donors (Lipinski definition) is 1. The van der Waals surface area contributed by atoms with Gasteiger partial charge in [0.15, 0.2) is 0 Å². The molecular formula is C13H18ClN. The third-order valence-corrected chi connectivity index (χ3v) is 3.45. The number of benzene rings is 1. The highest BCUT2D eigenvalue weighted by atomic mass is 35.5. The van der Waals surface area contributed by atoms with E-state index in [1.54, 1.807) is 0 Å². The zero-order chi connectivity index (χ0) is 10.8. The molecule has 0 aliphatic carbocycles. The van der Waals surface area contributed by atoms with E-state index in [0.717, 1.165) is 11.6 Å². The molecule has 0 radical (unpaired) electrons. The van der Waals surface area contributed by atoms with Crippen molar-refractivity contribution in [3.63, 3.8) is 0 Å². The molecular weight excluding hydrogens is 206 g/mol. The molecule has 1 unspecified atom stereocenters. The van der Waals surface area contributed by atoms with E-state index in [2.05, 4.69) is 31.3 Å². The second kappa shape index (κ2) is 4.54. The maximum Gasteiger partial charge on any atom is 0.0459 e. The number of piperidine rings is 1. The summed E-state index contributed by atoms with van der Waals surface area (Å²) in [5, 5.41) is 4.48. The van der Waals surface area contributed by atoms with Crippen molar-refractivity contribution in [2.75, 3.05) is 6.54 Å². The van der Waals surface area contributed by atoms with Gasteiger partial charge >= 0.3 is 0 Å². The summed E-state index contributed by atoms with van der Waals surface area (Å²) in [6, 6.07) is 4.75. The van der Waals surface area contributed by atoms with Gasteiger partial charge in [-0.3, -0.25) is 0 Å². The summed E-state index contributed by atoms with van der Waals surface area (Å²) >= 11 is 6.33. The van der Waals surface area contributed by atoms with Crippen LogP contribution in [0.1, 0.15) is 42.0 Å². The molecule has 0 bridgehead atoms. The van der Waals surface area contributed by atoms with Crippen molar-refractivity contribution in [1.29, 1.82) is 0 Å². The van der Waals surface area contributed by atoms with Gasteiger partial charge in [-0.05, 0) is 56.0 Å². The molecule has 82 valence electrons. The average Bonchev–Trinajstić information content (AvgIpc) is 2.17.